The minimum Gasteiger partial charge on any atom is -0.481 e. The van der Waals surface area contributed by atoms with E-state index >= 15 is 0 Å². The van der Waals surface area contributed by atoms with Crippen LogP contribution in [0.2, 0.25) is 0 Å². The minimum atomic E-state index is -4.75. The van der Waals surface area contributed by atoms with E-state index in [0.29, 0.717) is 4.31 Å². The highest BCUT2D eigenvalue weighted by Crippen LogP contribution is 2.39. The third-order valence-electron chi connectivity index (χ3n) is 3.44. The molecule has 0 bridgehead atoms. The van der Waals surface area contributed by atoms with Gasteiger partial charge in [0.25, 0.3) is 10.2 Å². The van der Waals surface area contributed by atoms with Crippen molar-refractivity contribution in [2.45, 2.75) is 26.1 Å². The highest BCUT2D eigenvalue weighted by atomic mass is 32.2. The molecular formula is C10H17F3N2O4S. The van der Waals surface area contributed by atoms with Crippen LogP contribution in [-0.4, -0.2) is 60.5 Å². The maximum absolute atomic E-state index is 12.8. The number of hydrogen-bond acceptors (Lipinski definition) is 3. The first-order valence-corrected chi connectivity index (χ1v) is 7.31. The number of aliphatic carboxylic acids is 1. The van der Waals surface area contributed by atoms with Gasteiger partial charge in [0.1, 0.15) is 0 Å². The van der Waals surface area contributed by atoms with Crippen LogP contribution >= 0.6 is 0 Å². The van der Waals surface area contributed by atoms with E-state index in [9.17, 15) is 26.4 Å². The summed E-state index contributed by atoms with van der Waals surface area (Å²) in [6.07, 6.45) is -4.75. The second kappa shape index (κ2) is 5.49. The van der Waals surface area contributed by atoms with E-state index in [-0.39, 0.29) is 0 Å². The summed E-state index contributed by atoms with van der Waals surface area (Å²) in [6, 6.07) is -0.437. The van der Waals surface area contributed by atoms with Gasteiger partial charge in [-0.1, -0.05) is 0 Å². The van der Waals surface area contributed by atoms with Crippen LogP contribution in [-0.2, 0) is 15.0 Å². The Morgan fingerprint density at radius 1 is 1.35 bits per heavy atom. The molecule has 1 N–H and O–H groups in total. The van der Waals surface area contributed by atoms with Gasteiger partial charge in [-0.3, -0.25) is 4.79 Å². The Kier molecular flexibility index (Phi) is 4.72. The summed E-state index contributed by atoms with van der Waals surface area (Å²) in [5, 5.41) is 8.84. The second-order valence-corrected chi connectivity index (χ2v) is 7.02. The van der Waals surface area contributed by atoms with E-state index < -0.39 is 53.3 Å². The summed E-state index contributed by atoms with van der Waals surface area (Å²) in [6.45, 7) is 1.62. The highest BCUT2D eigenvalue weighted by molar-refractivity contribution is 7.86. The Bertz CT molecular complexity index is 477. The molecule has 1 saturated heterocycles. The molecule has 6 nitrogen and oxygen atoms in total. The first-order valence-electron chi connectivity index (χ1n) is 5.91. The maximum Gasteiger partial charge on any atom is 0.393 e. The molecule has 1 aliphatic rings. The van der Waals surface area contributed by atoms with E-state index in [1.54, 1.807) is 13.8 Å². The third-order valence-corrected chi connectivity index (χ3v) is 5.54. The van der Waals surface area contributed by atoms with Crippen molar-refractivity contribution in [2.75, 3.05) is 20.1 Å². The fourth-order valence-electron chi connectivity index (χ4n) is 1.99. The lowest BCUT2D eigenvalue weighted by molar-refractivity contribution is -0.187. The molecule has 0 aromatic rings. The molecule has 1 aliphatic heterocycles. The van der Waals surface area contributed by atoms with Crippen molar-refractivity contribution in [3.05, 3.63) is 0 Å². The smallest absolute Gasteiger partial charge is 0.393 e. The predicted octanol–water partition coefficient (Wildman–Crippen LogP) is 0.766. The van der Waals surface area contributed by atoms with Crippen molar-refractivity contribution in [1.82, 2.24) is 8.61 Å². The van der Waals surface area contributed by atoms with E-state index in [0.717, 1.165) is 4.31 Å². The summed E-state index contributed by atoms with van der Waals surface area (Å²) in [4.78, 5) is 10.9. The van der Waals surface area contributed by atoms with Crippen LogP contribution in [0.1, 0.15) is 13.8 Å². The largest absolute Gasteiger partial charge is 0.481 e. The molecule has 0 aromatic heterocycles. The van der Waals surface area contributed by atoms with Crippen LogP contribution in [0, 0.1) is 11.8 Å². The van der Waals surface area contributed by atoms with Crippen molar-refractivity contribution in [3.63, 3.8) is 0 Å². The second-order valence-electron chi connectivity index (χ2n) is 5.03. The molecule has 0 aromatic carbocycles. The average Bonchev–Trinajstić information content (AvgIpc) is 2.72. The monoisotopic (exact) mass is 318 g/mol. The maximum atomic E-state index is 12.8. The number of rotatable bonds is 4. The molecule has 20 heavy (non-hydrogen) atoms. The number of alkyl halides is 3. The molecule has 0 radical (unpaired) electrons. The first kappa shape index (κ1) is 17.2. The Balaban J connectivity index is 3.05. The van der Waals surface area contributed by atoms with Crippen LogP contribution in [0.5, 0.6) is 0 Å². The van der Waals surface area contributed by atoms with Crippen molar-refractivity contribution in [1.29, 1.82) is 0 Å². The Morgan fingerprint density at radius 2 is 1.85 bits per heavy atom. The van der Waals surface area contributed by atoms with Gasteiger partial charge in [0.05, 0.1) is 11.8 Å². The highest BCUT2D eigenvalue weighted by Gasteiger charge is 2.55. The minimum absolute atomic E-state index is 0.437. The van der Waals surface area contributed by atoms with Gasteiger partial charge < -0.3 is 5.11 Å². The molecule has 0 amide bonds. The Hall–Kier alpha value is -0.870. The van der Waals surface area contributed by atoms with Crippen LogP contribution in [0.3, 0.4) is 0 Å². The van der Waals surface area contributed by atoms with Gasteiger partial charge in [-0.05, 0) is 13.8 Å². The predicted molar refractivity (Wildman–Crippen MR) is 64.1 cm³/mol. The standard InChI is InChI=1S/C10H17F3N2O4S/c1-6(2)14(3)20(18,19)15-4-7(9(16)17)8(5-15)10(11,12)13/h6-8H,4-5H2,1-3H3,(H,16,17)/t7-,8-/m1/s1. The summed E-state index contributed by atoms with van der Waals surface area (Å²) >= 11 is 0. The van der Waals surface area contributed by atoms with Crippen LogP contribution < -0.4 is 0 Å². The van der Waals surface area contributed by atoms with Gasteiger partial charge in [0.15, 0.2) is 0 Å². The number of carbonyl (C=O) groups is 1. The zero-order valence-corrected chi connectivity index (χ0v) is 12.1. The molecule has 2 atom stereocenters. The first-order chi connectivity index (χ1) is 8.89. The van der Waals surface area contributed by atoms with Gasteiger partial charge >= 0.3 is 12.1 Å². The number of carboxylic acid groups (broad SMARTS) is 1. The molecule has 10 heteroatoms. The summed E-state index contributed by atoms with van der Waals surface area (Å²) in [5.41, 5.74) is 0. The Labute approximate surface area is 115 Å². The lowest BCUT2D eigenvalue weighted by atomic mass is 9.96. The number of halogens is 3. The van der Waals surface area contributed by atoms with Gasteiger partial charge in [-0.2, -0.15) is 30.2 Å². The molecule has 0 spiro atoms. The van der Waals surface area contributed by atoms with Crippen LogP contribution in [0.25, 0.3) is 0 Å². The summed E-state index contributed by atoms with van der Waals surface area (Å²) < 4.78 is 64.1. The molecular weight excluding hydrogens is 301 g/mol. The van der Waals surface area contributed by atoms with Crippen molar-refractivity contribution in [3.8, 4) is 0 Å². The van der Waals surface area contributed by atoms with Gasteiger partial charge in [0.2, 0.25) is 0 Å². The average molecular weight is 318 g/mol. The third kappa shape index (κ3) is 3.23. The molecule has 0 aliphatic carbocycles. The molecule has 1 fully saturated rings. The van der Waals surface area contributed by atoms with Crippen molar-refractivity contribution in [2.24, 2.45) is 11.8 Å². The van der Waals surface area contributed by atoms with E-state index in [1.807, 2.05) is 0 Å². The quantitative estimate of drug-likeness (QED) is 0.830. The molecule has 0 unspecified atom stereocenters. The molecule has 0 saturated carbocycles. The summed E-state index contributed by atoms with van der Waals surface area (Å²) in [5.74, 6) is -5.60. The number of hydrogen-bond donors (Lipinski definition) is 1. The van der Waals surface area contributed by atoms with Crippen molar-refractivity contribution >= 4 is 16.2 Å². The van der Waals surface area contributed by atoms with Crippen LogP contribution in [0.4, 0.5) is 13.2 Å². The zero-order chi connectivity index (χ0) is 15.9. The number of nitrogens with zero attached hydrogens (tertiary/aromatic N) is 2. The van der Waals surface area contributed by atoms with E-state index in [2.05, 4.69) is 0 Å². The normalized spacial score (nSPS) is 25.6. The number of carboxylic acids is 1. The van der Waals surface area contributed by atoms with E-state index in [4.69, 9.17) is 5.11 Å². The zero-order valence-electron chi connectivity index (χ0n) is 11.3. The van der Waals surface area contributed by atoms with Gasteiger partial charge in [0, 0.05) is 26.2 Å². The van der Waals surface area contributed by atoms with Gasteiger partial charge in [-0.25, -0.2) is 0 Å². The van der Waals surface area contributed by atoms with Crippen LogP contribution in [0.15, 0.2) is 0 Å². The van der Waals surface area contributed by atoms with Gasteiger partial charge in [-0.15, -0.1) is 0 Å². The summed E-state index contributed by atoms with van der Waals surface area (Å²) in [7, 11) is -2.85. The SMILES string of the molecule is CC(C)N(C)S(=O)(=O)N1C[C@@H](C(F)(F)F)[C@H](C(=O)O)C1. The lowest BCUT2D eigenvalue weighted by Gasteiger charge is -2.26. The molecule has 1 heterocycles. The molecule has 1 rings (SSSR count). The molecule has 118 valence electrons. The van der Waals surface area contributed by atoms with Crippen molar-refractivity contribution < 1.29 is 31.5 Å². The topological polar surface area (TPSA) is 77.9 Å². The Morgan fingerprint density at radius 3 is 2.15 bits per heavy atom. The fraction of sp³-hybridized carbons (Fsp3) is 0.900. The lowest BCUT2D eigenvalue weighted by Crippen LogP contribution is -2.44. The van der Waals surface area contributed by atoms with E-state index in [1.165, 1.54) is 7.05 Å². The fourth-order valence-corrected chi connectivity index (χ4v) is 3.58.